The molecule has 1 aliphatic heterocycles. The molecular formula is C28H37N5O. The number of allylic oxidation sites excluding steroid dienone is 2. The van der Waals surface area contributed by atoms with Crippen molar-refractivity contribution in [2.24, 2.45) is 10.4 Å². The molecule has 1 aromatic heterocycles. The third-order valence-electron chi connectivity index (χ3n) is 6.82. The van der Waals surface area contributed by atoms with Crippen molar-refractivity contribution in [2.45, 2.75) is 46.6 Å². The highest BCUT2D eigenvalue weighted by Gasteiger charge is 2.30. The van der Waals surface area contributed by atoms with E-state index in [1.165, 1.54) is 11.3 Å². The van der Waals surface area contributed by atoms with Gasteiger partial charge in [0.1, 0.15) is 18.2 Å². The number of anilines is 2. The zero-order chi connectivity index (χ0) is 24.3. The molecule has 0 bridgehead atoms. The molecule has 1 aliphatic carbocycles. The molecule has 1 aromatic carbocycles. The average Bonchev–Trinajstić information content (AvgIpc) is 3.06. The molecule has 0 saturated heterocycles. The molecule has 0 atom stereocenters. The number of aromatic nitrogens is 1. The van der Waals surface area contributed by atoms with Gasteiger partial charge in [-0.2, -0.15) is 0 Å². The van der Waals surface area contributed by atoms with Crippen molar-refractivity contribution in [3.63, 3.8) is 0 Å². The number of rotatable bonds is 6. The van der Waals surface area contributed by atoms with Crippen molar-refractivity contribution in [1.82, 2.24) is 9.88 Å². The minimum absolute atomic E-state index is 0.260. The van der Waals surface area contributed by atoms with E-state index in [-0.39, 0.29) is 5.41 Å². The van der Waals surface area contributed by atoms with Gasteiger partial charge in [-0.25, -0.2) is 4.98 Å². The molecule has 6 heteroatoms. The van der Waals surface area contributed by atoms with E-state index in [1.54, 1.807) is 0 Å². The Bertz CT molecular complexity index is 1130. The van der Waals surface area contributed by atoms with Gasteiger partial charge in [0.15, 0.2) is 0 Å². The summed E-state index contributed by atoms with van der Waals surface area (Å²) in [7, 11) is 3.79. The molecule has 0 saturated carbocycles. The Balaban J connectivity index is 1.65. The van der Waals surface area contributed by atoms with Crippen molar-refractivity contribution in [3.8, 4) is 16.9 Å². The second kappa shape index (κ2) is 9.92. The van der Waals surface area contributed by atoms with E-state index in [0.717, 1.165) is 72.0 Å². The Morgan fingerprint density at radius 3 is 2.76 bits per heavy atom. The quantitative estimate of drug-likeness (QED) is 0.512. The Morgan fingerprint density at radius 1 is 1.21 bits per heavy atom. The second-order valence-electron chi connectivity index (χ2n) is 9.81. The van der Waals surface area contributed by atoms with Crippen LogP contribution in [-0.4, -0.2) is 43.3 Å². The van der Waals surface area contributed by atoms with Crippen LogP contribution in [0.15, 0.2) is 59.0 Å². The molecule has 180 valence electrons. The molecule has 0 fully saturated rings. The van der Waals surface area contributed by atoms with Crippen LogP contribution in [0.4, 0.5) is 11.5 Å². The molecule has 4 rings (SSSR count). The van der Waals surface area contributed by atoms with Crippen LogP contribution in [-0.2, 0) is 6.54 Å². The maximum atomic E-state index is 6.14. The lowest BCUT2D eigenvalue weighted by Gasteiger charge is -2.36. The predicted octanol–water partition coefficient (Wildman–Crippen LogP) is 6.10. The first-order valence-electron chi connectivity index (χ1n) is 12.1. The smallest absolute Gasteiger partial charge is 0.149 e. The van der Waals surface area contributed by atoms with Crippen LogP contribution in [0.5, 0.6) is 5.75 Å². The van der Waals surface area contributed by atoms with Crippen LogP contribution in [0.25, 0.3) is 11.1 Å². The van der Waals surface area contributed by atoms with Crippen LogP contribution >= 0.6 is 0 Å². The fourth-order valence-corrected chi connectivity index (χ4v) is 4.85. The number of benzene rings is 1. The molecule has 2 heterocycles. The molecule has 6 nitrogen and oxygen atoms in total. The van der Waals surface area contributed by atoms with Gasteiger partial charge < -0.3 is 20.3 Å². The zero-order valence-electron chi connectivity index (χ0n) is 21.2. The summed E-state index contributed by atoms with van der Waals surface area (Å²) in [4.78, 5) is 11.6. The van der Waals surface area contributed by atoms with E-state index < -0.39 is 0 Å². The summed E-state index contributed by atoms with van der Waals surface area (Å²) in [6, 6.07) is 8.54. The van der Waals surface area contributed by atoms with Crippen LogP contribution in [0.3, 0.4) is 0 Å². The van der Waals surface area contributed by atoms with Crippen molar-refractivity contribution < 1.29 is 4.74 Å². The Hall–Kier alpha value is -3.28. The number of hydrogen-bond acceptors (Lipinski definition) is 6. The van der Waals surface area contributed by atoms with Crippen molar-refractivity contribution in [1.29, 1.82) is 0 Å². The Kier molecular flexibility index (Phi) is 6.96. The molecular weight excluding hydrogens is 422 g/mol. The van der Waals surface area contributed by atoms with Gasteiger partial charge in [0.25, 0.3) is 0 Å². The summed E-state index contributed by atoms with van der Waals surface area (Å²) < 4.78 is 6.14. The predicted molar refractivity (Wildman–Crippen MR) is 143 cm³/mol. The number of pyridine rings is 1. The lowest BCUT2D eigenvalue weighted by atomic mass is 9.75. The molecule has 2 aromatic rings. The second-order valence-corrected chi connectivity index (χ2v) is 9.81. The van der Waals surface area contributed by atoms with Gasteiger partial charge in [-0.15, -0.1) is 0 Å². The van der Waals surface area contributed by atoms with Crippen molar-refractivity contribution in [2.75, 3.05) is 37.9 Å². The summed E-state index contributed by atoms with van der Waals surface area (Å²) in [5.41, 5.74) is 8.13. The van der Waals surface area contributed by atoms with Gasteiger partial charge in [-0.3, -0.25) is 4.99 Å². The molecule has 34 heavy (non-hydrogen) atoms. The fraction of sp³-hybridized carbons (Fsp3) is 0.429. The number of ether oxygens (including phenoxy) is 1. The molecule has 0 unspecified atom stereocenters. The fourth-order valence-electron chi connectivity index (χ4n) is 4.85. The standard InChI is InChI=1S/C28H37N5O/c1-7-31-24-10-11-28(3,4)16-23(24)19(2)33-12-13-34-26-9-8-20(14-22(26)18-33)21-15-25(29-5)27(30-6)32-17-21/h7-9,14-15,17,29H,2,10-13,16,18H2,1,3-6H3,(H,30,32). The number of nitrogens with zero attached hydrogens (tertiary/aromatic N) is 3. The van der Waals surface area contributed by atoms with Gasteiger partial charge in [-0.05, 0) is 60.9 Å². The molecule has 0 spiro atoms. The van der Waals surface area contributed by atoms with E-state index in [9.17, 15) is 0 Å². The van der Waals surface area contributed by atoms with E-state index in [2.05, 4.69) is 65.2 Å². The van der Waals surface area contributed by atoms with Crippen LogP contribution < -0.4 is 15.4 Å². The van der Waals surface area contributed by atoms with E-state index in [1.807, 2.05) is 33.4 Å². The lowest BCUT2D eigenvalue weighted by molar-refractivity contribution is 0.257. The number of aliphatic imine (C=N–C) groups is 1. The van der Waals surface area contributed by atoms with Gasteiger partial charge in [0, 0.05) is 55.6 Å². The highest BCUT2D eigenvalue weighted by molar-refractivity contribution is 5.74. The largest absolute Gasteiger partial charge is 0.491 e. The van der Waals surface area contributed by atoms with Gasteiger partial charge in [0.05, 0.1) is 12.2 Å². The summed E-state index contributed by atoms with van der Waals surface area (Å²) >= 11 is 0. The summed E-state index contributed by atoms with van der Waals surface area (Å²) in [6.07, 6.45) is 6.97. The zero-order valence-corrected chi connectivity index (χ0v) is 21.2. The number of nitrogens with one attached hydrogen (secondary N) is 2. The molecule has 0 amide bonds. The molecule has 2 aliphatic rings. The summed E-state index contributed by atoms with van der Waals surface area (Å²) in [6.45, 7) is 13.4. The normalized spacial score (nSPS) is 17.7. The third kappa shape index (κ3) is 4.96. The highest BCUT2D eigenvalue weighted by Crippen LogP contribution is 2.43. The minimum Gasteiger partial charge on any atom is -0.491 e. The topological polar surface area (TPSA) is 61.8 Å². The van der Waals surface area contributed by atoms with E-state index in [0.29, 0.717) is 6.61 Å². The Labute approximate surface area is 203 Å². The van der Waals surface area contributed by atoms with Crippen molar-refractivity contribution >= 4 is 17.7 Å². The maximum Gasteiger partial charge on any atom is 0.149 e. The Morgan fingerprint density at radius 2 is 2.03 bits per heavy atom. The summed E-state index contributed by atoms with van der Waals surface area (Å²) in [5, 5.41) is 6.35. The SMILES string of the molecule is C=C(C1=C(N=CC)CCC(C)(C)C1)N1CCOc2ccc(-c3cnc(NC)c(NC)c3)cc2C1. The van der Waals surface area contributed by atoms with Gasteiger partial charge >= 0.3 is 0 Å². The first-order chi connectivity index (χ1) is 16.3. The molecule has 2 N–H and O–H groups in total. The summed E-state index contributed by atoms with van der Waals surface area (Å²) in [5.74, 6) is 1.78. The number of fused-ring (bicyclic) bond motifs is 1. The van der Waals surface area contributed by atoms with Crippen LogP contribution in [0.1, 0.15) is 45.6 Å². The molecule has 0 radical (unpaired) electrons. The van der Waals surface area contributed by atoms with Crippen LogP contribution in [0, 0.1) is 5.41 Å². The van der Waals surface area contributed by atoms with Crippen molar-refractivity contribution in [3.05, 3.63) is 59.6 Å². The third-order valence-corrected chi connectivity index (χ3v) is 6.82. The lowest BCUT2D eigenvalue weighted by Crippen LogP contribution is -2.29. The van der Waals surface area contributed by atoms with E-state index >= 15 is 0 Å². The van der Waals surface area contributed by atoms with Crippen LogP contribution in [0.2, 0.25) is 0 Å². The van der Waals surface area contributed by atoms with Gasteiger partial charge in [-0.1, -0.05) is 26.5 Å². The monoisotopic (exact) mass is 459 g/mol. The number of hydrogen-bond donors (Lipinski definition) is 2. The highest BCUT2D eigenvalue weighted by atomic mass is 16.5. The first-order valence-corrected chi connectivity index (χ1v) is 12.1. The van der Waals surface area contributed by atoms with Gasteiger partial charge in [0.2, 0.25) is 0 Å². The average molecular weight is 460 g/mol. The maximum absolute atomic E-state index is 6.14. The minimum atomic E-state index is 0.260. The van der Waals surface area contributed by atoms with E-state index in [4.69, 9.17) is 9.73 Å². The first kappa shape index (κ1) is 23.9.